The van der Waals surface area contributed by atoms with Crippen molar-refractivity contribution in [1.29, 1.82) is 0 Å². The minimum atomic E-state index is -0.140. The lowest BCUT2D eigenvalue weighted by Crippen LogP contribution is -2.32. The van der Waals surface area contributed by atoms with Gasteiger partial charge in [-0.2, -0.15) is 0 Å². The second kappa shape index (κ2) is 11.5. The number of benzene rings is 2. The van der Waals surface area contributed by atoms with Crippen molar-refractivity contribution in [2.24, 2.45) is 0 Å². The molecule has 0 spiro atoms. The summed E-state index contributed by atoms with van der Waals surface area (Å²) in [4.78, 5) is 27.0. The standard InChI is InChI=1S/C25H33N3O3/c1-19(2)31-23-12-10-20(11-13-23)17-26-18-24(29)27-22-9-7-8-21(16-22)25(30)28-14-5-3-4-6-15-28/h7-13,16,19,26H,3-6,14-15,17-18H2,1-2H3,(H,27,29). The molecule has 166 valence electrons. The molecule has 0 aromatic heterocycles. The van der Waals surface area contributed by atoms with Gasteiger partial charge in [0, 0.05) is 30.9 Å². The number of hydrogen-bond donors (Lipinski definition) is 2. The predicted octanol–water partition coefficient (Wildman–Crippen LogP) is 4.22. The Kier molecular flexibility index (Phi) is 8.47. The number of amides is 2. The molecule has 2 amide bonds. The summed E-state index contributed by atoms with van der Waals surface area (Å²) in [6.45, 7) is 6.38. The summed E-state index contributed by atoms with van der Waals surface area (Å²) in [7, 11) is 0. The van der Waals surface area contributed by atoms with Crippen molar-refractivity contribution in [2.45, 2.75) is 52.2 Å². The van der Waals surface area contributed by atoms with E-state index in [9.17, 15) is 9.59 Å². The van der Waals surface area contributed by atoms with Crippen LogP contribution in [0.25, 0.3) is 0 Å². The first-order valence-corrected chi connectivity index (χ1v) is 11.2. The molecule has 1 saturated heterocycles. The molecule has 1 heterocycles. The van der Waals surface area contributed by atoms with Gasteiger partial charge in [-0.05, 0) is 62.6 Å². The smallest absolute Gasteiger partial charge is 0.253 e. The number of carbonyl (C=O) groups is 2. The Hall–Kier alpha value is -2.86. The maximum absolute atomic E-state index is 12.8. The third-order valence-corrected chi connectivity index (χ3v) is 5.20. The molecule has 31 heavy (non-hydrogen) atoms. The molecule has 0 radical (unpaired) electrons. The molecule has 1 fully saturated rings. The highest BCUT2D eigenvalue weighted by atomic mass is 16.5. The maximum Gasteiger partial charge on any atom is 0.253 e. The zero-order valence-corrected chi connectivity index (χ0v) is 18.5. The number of hydrogen-bond acceptors (Lipinski definition) is 4. The van der Waals surface area contributed by atoms with Crippen molar-refractivity contribution in [2.75, 3.05) is 25.0 Å². The number of likely N-dealkylation sites (tertiary alicyclic amines) is 1. The van der Waals surface area contributed by atoms with Gasteiger partial charge in [0.05, 0.1) is 12.6 Å². The van der Waals surface area contributed by atoms with Crippen LogP contribution in [0.2, 0.25) is 0 Å². The fourth-order valence-electron chi connectivity index (χ4n) is 3.67. The van der Waals surface area contributed by atoms with Crippen LogP contribution in [-0.2, 0) is 11.3 Å². The van der Waals surface area contributed by atoms with Crippen molar-refractivity contribution in [3.05, 3.63) is 59.7 Å². The average molecular weight is 424 g/mol. The summed E-state index contributed by atoms with van der Waals surface area (Å²) in [5.74, 6) is 0.742. The van der Waals surface area contributed by atoms with E-state index in [2.05, 4.69) is 10.6 Å². The van der Waals surface area contributed by atoms with E-state index in [0.717, 1.165) is 37.2 Å². The Labute approximate surface area is 185 Å². The van der Waals surface area contributed by atoms with Crippen molar-refractivity contribution < 1.29 is 14.3 Å². The maximum atomic E-state index is 12.8. The van der Waals surface area contributed by atoms with Crippen LogP contribution in [0.4, 0.5) is 5.69 Å². The lowest BCUT2D eigenvalue weighted by Gasteiger charge is -2.20. The van der Waals surface area contributed by atoms with Crippen LogP contribution in [0.1, 0.15) is 55.5 Å². The van der Waals surface area contributed by atoms with Gasteiger partial charge in [-0.1, -0.05) is 31.0 Å². The van der Waals surface area contributed by atoms with Gasteiger partial charge in [-0.25, -0.2) is 0 Å². The van der Waals surface area contributed by atoms with Gasteiger partial charge in [-0.15, -0.1) is 0 Å². The Morgan fingerprint density at radius 2 is 1.71 bits per heavy atom. The fraction of sp³-hybridized carbons (Fsp3) is 0.440. The molecule has 2 aromatic rings. The highest BCUT2D eigenvalue weighted by Crippen LogP contribution is 2.17. The van der Waals surface area contributed by atoms with E-state index in [4.69, 9.17) is 4.74 Å². The van der Waals surface area contributed by atoms with Gasteiger partial charge >= 0.3 is 0 Å². The highest BCUT2D eigenvalue weighted by molar-refractivity contribution is 5.97. The summed E-state index contributed by atoms with van der Waals surface area (Å²) in [5.41, 5.74) is 2.34. The second-order valence-electron chi connectivity index (χ2n) is 8.25. The first-order valence-electron chi connectivity index (χ1n) is 11.2. The number of rotatable bonds is 8. The summed E-state index contributed by atoms with van der Waals surface area (Å²) >= 11 is 0. The molecule has 0 saturated carbocycles. The zero-order valence-electron chi connectivity index (χ0n) is 18.5. The predicted molar refractivity (Wildman–Crippen MR) is 123 cm³/mol. The van der Waals surface area contributed by atoms with Crippen LogP contribution in [0.15, 0.2) is 48.5 Å². The van der Waals surface area contributed by atoms with Gasteiger partial charge < -0.3 is 20.3 Å². The van der Waals surface area contributed by atoms with E-state index < -0.39 is 0 Å². The summed E-state index contributed by atoms with van der Waals surface area (Å²) in [5, 5.41) is 6.03. The second-order valence-corrected chi connectivity index (χ2v) is 8.25. The Morgan fingerprint density at radius 3 is 2.39 bits per heavy atom. The quantitative estimate of drug-likeness (QED) is 0.667. The molecule has 6 heteroatoms. The van der Waals surface area contributed by atoms with E-state index in [1.54, 1.807) is 6.07 Å². The summed E-state index contributed by atoms with van der Waals surface area (Å²) in [6, 6.07) is 15.0. The van der Waals surface area contributed by atoms with Gasteiger partial charge in [0.2, 0.25) is 5.91 Å². The number of anilines is 1. The zero-order chi connectivity index (χ0) is 22.1. The van der Waals surface area contributed by atoms with E-state index in [1.807, 2.05) is 61.2 Å². The SMILES string of the molecule is CC(C)Oc1ccc(CNCC(=O)Nc2cccc(C(=O)N3CCCCCC3)c2)cc1. The van der Waals surface area contributed by atoms with E-state index in [0.29, 0.717) is 17.8 Å². The van der Waals surface area contributed by atoms with Crippen molar-refractivity contribution in [3.8, 4) is 5.75 Å². The fourth-order valence-corrected chi connectivity index (χ4v) is 3.67. The number of carbonyl (C=O) groups excluding carboxylic acids is 2. The minimum absolute atomic E-state index is 0.0426. The van der Waals surface area contributed by atoms with Gasteiger partial charge in [0.15, 0.2) is 0 Å². The molecule has 1 aliphatic heterocycles. The Morgan fingerprint density at radius 1 is 1.00 bits per heavy atom. The van der Waals surface area contributed by atoms with Crippen LogP contribution in [0.3, 0.4) is 0 Å². The van der Waals surface area contributed by atoms with E-state index in [-0.39, 0.29) is 24.5 Å². The lowest BCUT2D eigenvalue weighted by atomic mass is 10.1. The first-order chi connectivity index (χ1) is 15.0. The minimum Gasteiger partial charge on any atom is -0.491 e. The van der Waals surface area contributed by atoms with Crippen molar-refractivity contribution in [3.63, 3.8) is 0 Å². The third-order valence-electron chi connectivity index (χ3n) is 5.20. The first kappa shape index (κ1) is 22.8. The van der Waals surface area contributed by atoms with Crippen LogP contribution in [0, 0.1) is 0 Å². The molecule has 3 rings (SSSR count). The topological polar surface area (TPSA) is 70.7 Å². The van der Waals surface area contributed by atoms with Crippen LogP contribution in [0.5, 0.6) is 5.75 Å². The molecule has 0 unspecified atom stereocenters. The van der Waals surface area contributed by atoms with Crippen LogP contribution < -0.4 is 15.4 Å². The van der Waals surface area contributed by atoms with Crippen LogP contribution >= 0.6 is 0 Å². The van der Waals surface area contributed by atoms with E-state index in [1.165, 1.54) is 12.8 Å². The monoisotopic (exact) mass is 423 g/mol. The van der Waals surface area contributed by atoms with Gasteiger partial charge in [-0.3, -0.25) is 9.59 Å². The largest absolute Gasteiger partial charge is 0.491 e. The lowest BCUT2D eigenvalue weighted by molar-refractivity contribution is -0.115. The number of nitrogens with one attached hydrogen (secondary N) is 2. The highest BCUT2D eigenvalue weighted by Gasteiger charge is 2.17. The molecule has 2 N–H and O–H groups in total. The Balaban J connectivity index is 1.47. The molecule has 0 aliphatic carbocycles. The van der Waals surface area contributed by atoms with E-state index >= 15 is 0 Å². The molecular formula is C25H33N3O3. The molecule has 0 bridgehead atoms. The van der Waals surface area contributed by atoms with Crippen LogP contribution in [-0.4, -0.2) is 42.5 Å². The normalized spacial score (nSPS) is 14.2. The summed E-state index contributed by atoms with van der Waals surface area (Å²) in [6.07, 6.45) is 4.62. The van der Waals surface area contributed by atoms with Gasteiger partial charge in [0.1, 0.15) is 5.75 Å². The summed E-state index contributed by atoms with van der Waals surface area (Å²) < 4.78 is 5.64. The van der Waals surface area contributed by atoms with Gasteiger partial charge in [0.25, 0.3) is 5.91 Å². The number of nitrogens with zero attached hydrogens (tertiary/aromatic N) is 1. The Bertz CT molecular complexity index is 857. The molecule has 2 aromatic carbocycles. The third kappa shape index (κ3) is 7.40. The molecular weight excluding hydrogens is 390 g/mol. The number of ether oxygens (including phenoxy) is 1. The molecule has 6 nitrogen and oxygen atoms in total. The average Bonchev–Trinajstić information content (AvgIpc) is 3.04. The molecule has 0 atom stereocenters. The van der Waals surface area contributed by atoms with Crippen molar-refractivity contribution in [1.82, 2.24) is 10.2 Å². The van der Waals surface area contributed by atoms with Crippen molar-refractivity contribution >= 4 is 17.5 Å². The molecule has 1 aliphatic rings.